The highest BCUT2D eigenvalue weighted by atomic mass is 16.4. The second kappa shape index (κ2) is 4.58. The minimum absolute atomic E-state index is 0.280. The Hall–Kier alpha value is -1.36. The van der Waals surface area contributed by atoms with E-state index in [4.69, 9.17) is 0 Å². The molecular weight excluding hydrogens is 260 g/mol. The molecule has 5 unspecified atom stereocenters. The van der Waals surface area contributed by atoms with Crippen LogP contribution in [0.5, 0.6) is 0 Å². The van der Waals surface area contributed by atoms with Crippen molar-refractivity contribution in [2.75, 3.05) is 0 Å². The Morgan fingerprint density at radius 3 is 2.35 bits per heavy atom. The molecule has 0 aromatic heterocycles. The number of carboxylic acids is 2. The van der Waals surface area contributed by atoms with Crippen molar-refractivity contribution < 1.29 is 24.9 Å². The number of aliphatic hydroxyl groups is 1. The Bertz CT molecular complexity index is 471. The zero-order valence-corrected chi connectivity index (χ0v) is 11.9. The van der Waals surface area contributed by atoms with Crippen LogP contribution in [0.15, 0.2) is 12.2 Å². The fourth-order valence-corrected chi connectivity index (χ4v) is 4.47. The molecule has 20 heavy (non-hydrogen) atoms. The molecule has 5 atom stereocenters. The maximum Gasteiger partial charge on any atom is 0.311 e. The summed E-state index contributed by atoms with van der Waals surface area (Å²) in [6, 6.07) is 0. The monoisotopic (exact) mass is 282 g/mol. The molecule has 2 aliphatic rings. The number of carboxylic acid groups (broad SMARTS) is 2. The molecule has 0 amide bonds. The molecule has 0 radical (unpaired) electrons. The first-order chi connectivity index (χ1) is 9.14. The molecule has 2 fully saturated rings. The molecule has 3 N–H and O–H groups in total. The Kier molecular flexibility index (Phi) is 3.45. The van der Waals surface area contributed by atoms with Gasteiger partial charge in [-0.3, -0.25) is 9.59 Å². The molecule has 0 aromatic rings. The summed E-state index contributed by atoms with van der Waals surface area (Å²) < 4.78 is 0. The molecular formula is C15H22O5. The summed E-state index contributed by atoms with van der Waals surface area (Å²) in [5, 5.41) is 29.2. The van der Waals surface area contributed by atoms with E-state index < -0.39 is 34.8 Å². The van der Waals surface area contributed by atoms with Crippen molar-refractivity contribution in [2.45, 2.75) is 45.6 Å². The van der Waals surface area contributed by atoms with Gasteiger partial charge in [-0.25, -0.2) is 0 Å². The van der Waals surface area contributed by atoms with Gasteiger partial charge in [0.1, 0.15) is 0 Å². The largest absolute Gasteiger partial charge is 0.481 e. The van der Waals surface area contributed by atoms with Crippen LogP contribution < -0.4 is 0 Å². The molecule has 5 heteroatoms. The van der Waals surface area contributed by atoms with E-state index in [1.54, 1.807) is 6.92 Å². The number of carbonyl (C=O) groups is 2. The molecule has 0 heterocycles. The molecule has 5 nitrogen and oxygen atoms in total. The fourth-order valence-electron chi connectivity index (χ4n) is 4.47. The Balaban J connectivity index is 2.53. The van der Waals surface area contributed by atoms with E-state index in [-0.39, 0.29) is 12.3 Å². The van der Waals surface area contributed by atoms with Gasteiger partial charge in [-0.1, -0.05) is 19.9 Å². The van der Waals surface area contributed by atoms with Gasteiger partial charge < -0.3 is 15.3 Å². The van der Waals surface area contributed by atoms with Crippen LogP contribution in [0.25, 0.3) is 0 Å². The van der Waals surface area contributed by atoms with Gasteiger partial charge in [-0.15, -0.1) is 0 Å². The second-order valence-corrected chi connectivity index (χ2v) is 6.73. The van der Waals surface area contributed by atoms with E-state index in [1.165, 1.54) is 0 Å². The predicted octanol–water partition coefficient (Wildman–Crippen LogP) is 1.91. The lowest BCUT2D eigenvalue weighted by molar-refractivity contribution is -0.174. The van der Waals surface area contributed by atoms with Crippen LogP contribution >= 0.6 is 0 Å². The highest BCUT2D eigenvalue weighted by Gasteiger charge is 2.61. The number of aliphatic carboxylic acids is 2. The average Bonchev–Trinajstić information content (AvgIpc) is 2.32. The van der Waals surface area contributed by atoms with Crippen LogP contribution in [0.2, 0.25) is 0 Å². The molecule has 2 aliphatic carbocycles. The molecule has 0 aromatic carbocycles. The standard InChI is InChI=1S/C15H22O5/c1-8-9(16)7-10-14(2,11(8)12(17)18)5-4-6-15(10,3)13(19)20/h9-11,16H,1,4-7H2,2-3H3,(H,17,18)(H,19,20). The van der Waals surface area contributed by atoms with Crippen molar-refractivity contribution in [1.82, 2.24) is 0 Å². The highest BCUT2D eigenvalue weighted by Crippen LogP contribution is 2.61. The summed E-state index contributed by atoms with van der Waals surface area (Å²) >= 11 is 0. The quantitative estimate of drug-likeness (QED) is 0.672. The third kappa shape index (κ3) is 1.87. The van der Waals surface area contributed by atoms with Crippen LogP contribution in [-0.4, -0.2) is 33.4 Å². The summed E-state index contributed by atoms with van der Waals surface area (Å²) in [6.45, 7) is 7.27. The SMILES string of the molecule is C=C1C(O)CC2C(C)(C(=O)O)CCCC2(C)C1C(=O)O. The van der Waals surface area contributed by atoms with Crippen LogP contribution in [-0.2, 0) is 9.59 Å². The minimum atomic E-state index is -1.02. The zero-order chi connectivity index (χ0) is 15.3. The molecule has 0 bridgehead atoms. The van der Waals surface area contributed by atoms with Gasteiger partial charge in [0.25, 0.3) is 0 Å². The Morgan fingerprint density at radius 1 is 1.25 bits per heavy atom. The first-order valence-electron chi connectivity index (χ1n) is 6.97. The molecule has 0 spiro atoms. The first-order valence-corrected chi connectivity index (χ1v) is 6.97. The minimum Gasteiger partial charge on any atom is -0.481 e. The molecule has 0 aliphatic heterocycles. The molecule has 2 saturated carbocycles. The van der Waals surface area contributed by atoms with Crippen molar-refractivity contribution in [3.05, 3.63) is 12.2 Å². The number of rotatable bonds is 2. The maximum absolute atomic E-state index is 11.7. The van der Waals surface area contributed by atoms with Crippen LogP contribution in [0.3, 0.4) is 0 Å². The lowest BCUT2D eigenvalue weighted by Gasteiger charge is -2.56. The number of aliphatic hydroxyl groups excluding tert-OH is 1. The lowest BCUT2D eigenvalue weighted by atomic mass is 9.46. The van der Waals surface area contributed by atoms with E-state index in [2.05, 4.69) is 6.58 Å². The summed E-state index contributed by atoms with van der Waals surface area (Å²) in [5.74, 6) is -3.16. The van der Waals surface area contributed by atoms with Gasteiger partial charge in [0.05, 0.1) is 17.4 Å². The Labute approximate surface area is 118 Å². The van der Waals surface area contributed by atoms with E-state index in [1.807, 2.05) is 6.92 Å². The third-order valence-electron chi connectivity index (χ3n) is 5.63. The van der Waals surface area contributed by atoms with Crippen molar-refractivity contribution >= 4 is 11.9 Å². The van der Waals surface area contributed by atoms with Crippen molar-refractivity contribution in [3.8, 4) is 0 Å². The molecule has 112 valence electrons. The van der Waals surface area contributed by atoms with Crippen molar-refractivity contribution in [1.29, 1.82) is 0 Å². The summed E-state index contributed by atoms with van der Waals surface area (Å²) in [5.41, 5.74) is -1.33. The van der Waals surface area contributed by atoms with Crippen LogP contribution in [0.4, 0.5) is 0 Å². The summed E-state index contributed by atoms with van der Waals surface area (Å²) in [7, 11) is 0. The zero-order valence-electron chi connectivity index (χ0n) is 11.9. The van der Waals surface area contributed by atoms with Gasteiger partial charge in [0.2, 0.25) is 0 Å². The van der Waals surface area contributed by atoms with Crippen molar-refractivity contribution in [2.24, 2.45) is 22.7 Å². The number of hydrogen-bond acceptors (Lipinski definition) is 3. The van der Waals surface area contributed by atoms with E-state index in [0.29, 0.717) is 24.8 Å². The van der Waals surface area contributed by atoms with Gasteiger partial charge in [0.15, 0.2) is 0 Å². The van der Waals surface area contributed by atoms with Crippen LogP contribution in [0, 0.1) is 22.7 Å². The normalized spacial score (nSPS) is 44.8. The maximum atomic E-state index is 11.7. The first kappa shape index (κ1) is 15.0. The van der Waals surface area contributed by atoms with E-state index in [0.717, 1.165) is 0 Å². The molecule has 2 rings (SSSR count). The van der Waals surface area contributed by atoms with E-state index >= 15 is 0 Å². The topological polar surface area (TPSA) is 94.8 Å². The predicted molar refractivity (Wildman–Crippen MR) is 72.1 cm³/mol. The van der Waals surface area contributed by atoms with Gasteiger partial charge in [-0.2, -0.15) is 0 Å². The van der Waals surface area contributed by atoms with Gasteiger partial charge in [-0.05, 0) is 43.1 Å². The average molecular weight is 282 g/mol. The third-order valence-corrected chi connectivity index (χ3v) is 5.63. The summed E-state index contributed by atoms with van der Waals surface area (Å²) in [6.07, 6.45) is 1.20. The summed E-state index contributed by atoms with van der Waals surface area (Å²) in [4.78, 5) is 23.3. The smallest absolute Gasteiger partial charge is 0.311 e. The number of fused-ring (bicyclic) bond motifs is 1. The molecule has 0 saturated heterocycles. The highest BCUT2D eigenvalue weighted by molar-refractivity contribution is 5.78. The fraction of sp³-hybridized carbons (Fsp3) is 0.733. The second-order valence-electron chi connectivity index (χ2n) is 6.73. The van der Waals surface area contributed by atoms with Gasteiger partial charge >= 0.3 is 11.9 Å². The Morgan fingerprint density at radius 2 is 1.85 bits per heavy atom. The van der Waals surface area contributed by atoms with E-state index in [9.17, 15) is 24.9 Å². The van der Waals surface area contributed by atoms with Crippen molar-refractivity contribution in [3.63, 3.8) is 0 Å². The lowest BCUT2D eigenvalue weighted by Crippen LogP contribution is -2.57. The van der Waals surface area contributed by atoms with Gasteiger partial charge in [0, 0.05) is 0 Å². The van der Waals surface area contributed by atoms with Crippen LogP contribution in [0.1, 0.15) is 39.5 Å². The number of hydrogen-bond donors (Lipinski definition) is 3.